The van der Waals surface area contributed by atoms with Crippen LogP contribution in [0.25, 0.3) is 0 Å². The first-order chi connectivity index (χ1) is 12.6. The molecule has 0 saturated heterocycles. The fraction of sp³-hybridized carbons (Fsp3) is 0.333. The summed E-state index contributed by atoms with van der Waals surface area (Å²) in [6.45, 7) is 4.18. The molecule has 2 rings (SSSR count). The topological polar surface area (TPSA) is 67.4 Å². The molecule has 2 atom stereocenters. The van der Waals surface area contributed by atoms with E-state index in [2.05, 4.69) is 29.7 Å². The van der Waals surface area contributed by atoms with Crippen LogP contribution in [0.15, 0.2) is 54.6 Å². The maximum atomic E-state index is 12.3. The Balaban J connectivity index is 1.92. The van der Waals surface area contributed by atoms with Crippen LogP contribution in [0.3, 0.4) is 0 Å². The molecular weight excluding hydrogens is 328 g/mol. The van der Waals surface area contributed by atoms with Crippen molar-refractivity contribution < 1.29 is 14.3 Å². The minimum Gasteiger partial charge on any atom is -0.449 e. The normalized spacial score (nSPS) is 12.7. The highest BCUT2D eigenvalue weighted by atomic mass is 16.5. The molecule has 26 heavy (non-hydrogen) atoms. The van der Waals surface area contributed by atoms with Crippen LogP contribution >= 0.6 is 0 Å². The minimum atomic E-state index is -0.860. The molecule has 0 bridgehead atoms. The third-order valence-corrected chi connectivity index (χ3v) is 4.36. The van der Waals surface area contributed by atoms with Crippen molar-refractivity contribution in [3.63, 3.8) is 0 Å². The summed E-state index contributed by atoms with van der Waals surface area (Å²) >= 11 is 0. The molecule has 0 aliphatic heterocycles. The Morgan fingerprint density at radius 2 is 1.69 bits per heavy atom. The number of rotatable bonds is 8. The van der Waals surface area contributed by atoms with Crippen LogP contribution in [0, 0.1) is 0 Å². The van der Waals surface area contributed by atoms with Gasteiger partial charge in [0.05, 0.1) is 5.56 Å². The summed E-state index contributed by atoms with van der Waals surface area (Å²) in [5, 5.41) is 5.83. The van der Waals surface area contributed by atoms with E-state index in [9.17, 15) is 9.59 Å². The maximum absolute atomic E-state index is 12.3. The second-order valence-corrected chi connectivity index (χ2v) is 6.10. The van der Waals surface area contributed by atoms with Crippen LogP contribution in [0.4, 0.5) is 5.69 Å². The van der Waals surface area contributed by atoms with Gasteiger partial charge in [-0.15, -0.1) is 0 Å². The lowest BCUT2D eigenvalue weighted by molar-refractivity contribution is -0.129. The second kappa shape index (κ2) is 9.61. The molecule has 2 aromatic carbocycles. The highest BCUT2D eigenvalue weighted by molar-refractivity contribution is 5.97. The van der Waals surface area contributed by atoms with E-state index < -0.39 is 12.1 Å². The van der Waals surface area contributed by atoms with Crippen molar-refractivity contribution in [1.82, 2.24) is 5.32 Å². The van der Waals surface area contributed by atoms with Gasteiger partial charge in [0, 0.05) is 25.2 Å². The van der Waals surface area contributed by atoms with Gasteiger partial charge < -0.3 is 15.4 Å². The molecule has 1 amide bonds. The number of nitrogens with one attached hydrogen (secondary N) is 2. The smallest absolute Gasteiger partial charge is 0.341 e. The van der Waals surface area contributed by atoms with Crippen LogP contribution in [0.5, 0.6) is 0 Å². The molecule has 138 valence electrons. The van der Waals surface area contributed by atoms with Gasteiger partial charge in [0.15, 0.2) is 6.10 Å². The van der Waals surface area contributed by atoms with Gasteiger partial charge in [0.1, 0.15) is 0 Å². The van der Waals surface area contributed by atoms with E-state index in [4.69, 9.17) is 4.74 Å². The molecule has 5 nitrogen and oxygen atoms in total. The highest BCUT2D eigenvalue weighted by Crippen LogP contribution is 2.18. The molecule has 0 aromatic heterocycles. The number of para-hydroxylation sites is 1. The number of hydrogen-bond donors (Lipinski definition) is 2. The summed E-state index contributed by atoms with van der Waals surface area (Å²) in [5.74, 6) is -0.588. The van der Waals surface area contributed by atoms with Crippen molar-refractivity contribution in [3.05, 3.63) is 65.7 Å². The highest BCUT2D eigenvalue weighted by Gasteiger charge is 2.21. The third kappa shape index (κ3) is 5.09. The molecule has 0 unspecified atom stereocenters. The number of esters is 1. The molecule has 2 aromatic rings. The van der Waals surface area contributed by atoms with Crippen molar-refractivity contribution in [2.24, 2.45) is 0 Å². The Hall–Kier alpha value is -2.82. The van der Waals surface area contributed by atoms with Crippen LogP contribution in [0.1, 0.15) is 42.1 Å². The summed E-state index contributed by atoms with van der Waals surface area (Å²) < 4.78 is 5.32. The number of ether oxygens (including phenoxy) is 1. The van der Waals surface area contributed by atoms with E-state index in [1.54, 1.807) is 32.2 Å². The molecule has 0 saturated carbocycles. The molecule has 0 fully saturated rings. The van der Waals surface area contributed by atoms with Gasteiger partial charge >= 0.3 is 5.97 Å². The summed E-state index contributed by atoms with van der Waals surface area (Å²) in [4.78, 5) is 24.6. The predicted octanol–water partition coefficient (Wildman–Crippen LogP) is 3.58. The fourth-order valence-corrected chi connectivity index (χ4v) is 2.75. The van der Waals surface area contributed by atoms with Crippen molar-refractivity contribution in [2.75, 3.05) is 18.9 Å². The molecule has 5 heteroatoms. The lowest BCUT2D eigenvalue weighted by Crippen LogP contribution is -2.38. The van der Waals surface area contributed by atoms with Gasteiger partial charge in [0.2, 0.25) is 0 Å². The Kier molecular flexibility index (Phi) is 7.21. The summed E-state index contributed by atoms with van der Waals surface area (Å²) in [7, 11) is 1.73. The monoisotopic (exact) mass is 354 g/mol. The fourth-order valence-electron chi connectivity index (χ4n) is 2.75. The van der Waals surface area contributed by atoms with Crippen molar-refractivity contribution in [1.29, 1.82) is 0 Å². The number of anilines is 1. The van der Waals surface area contributed by atoms with E-state index in [0.717, 1.165) is 6.42 Å². The van der Waals surface area contributed by atoms with E-state index in [1.807, 2.05) is 24.3 Å². The molecule has 0 heterocycles. The van der Waals surface area contributed by atoms with E-state index in [1.165, 1.54) is 5.56 Å². The number of carbonyl (C=O) groups is 2. The van der Waals surface area contributed by atoms with Gasteiger partial charge in [0.25, 0.3) is 5.91 Å². The Morgan fingerprint density at radius 1 is 1.04 bits per heavy atom. The third-order valence-electron chi connectivity index (χ3n) is 4.36. The van der Waals surface area contributed by atoms with Crippen molar-refractivity contribution in [3.8, 4) is 0 Å². The molecular formula is C21H26N2O3. The van der Waals surface area contributed by atoms with Crippen LogP contribution in [-0.4, -0.2) is 31.6 Å². The Morgan fingerprint density at radius 3 is 2.35 bits per heavy atom. The van der Waals surface area contributed by atoms with Crippen LogP contribution in [0.2, 0.25) is 0 Å². The van der Waals surface area contributed by atoms with E-state index in [-0.39, 0.29) is 11.8 Å². The number of amides is 1. The minimum absolute atomic E-state index is 0.230. The first-order valence-electron chi connectivity index (χ1n) is 8.87. The molecule has 0 aliphatic rings. The SMILES string of the molecule is CC[C@H](CNC(=O)[C@@H](C)OC(=O)c1ccccc1NC)c1ccccc1. The largest absolute Gasteiger partial charge is 0.449 e. The van der Waals surface area contributed by atoms with Gasteiger partial charge in [-0.2, -0.15) is 0 Å². The van der Waals surface area contributed by atoms with Gasteiger partial charge in [-0.3, -0.25) is 4.79 Å². The quantitative estimate of drug-likeness (QED) is 0.711. The average Bonchev–Trinajstić information content (AvgIpc) is 2.68. The Bertz CT molecular complexity index is 731. The first-order valence-corrected chi connectivity index (χ1v) is 8.87. The molecule has 0 spiro atoms. The van der Waals surface area contributed by atoms with Crippen molar-refractivity contribution in [2.45, 2.75) is 32.3 Å². The molecule has 2 N–H and O–H groups in total. The zero-order valence-corrected chi connectivity index (χ0v) is 15.5. The summed E-state index contributed by atoms with van der Waals surface area (Å²) in [6.07, 6.45) is 0.0503. The average molecular weight is 354 g/mol. The predicted molar refractivity (Wildman–Crippen MR) is 103 cm³/mol. The van der Waals surface area contributed by atoms with Gasteiger partial charge in [-0.25, -0.2) is 4.79 Å². The van der Waals surface area contributed by atoms with Crippen molar-refractivity contribution >= 4 is 17.6 Å². The van der Waals surface area contributed by atoms with Crippen LogP contribution < -0.4 is 10.6 Å². The zero-order chi connectivity index (χ0) is 18.9. The number of hydrogen-bond acceptors (Lipinski definition) is 4. The van der Waals surface area contributed by atoms with Gasteiger partial charge in [-0.05, 0) is 31.0 Å². The number of benzene rings is 2. The zero-order valence-electron chi connectivity index (χ0n) is 15.5. The second-order valence-electron chi connectivity index (χ2n) is 6.10. The number of carbonyl (C=O) groups excluding carboxylic acids is 2. The van der Waals surface area contributed by atoms with E-state index in [0.29, 0.717) is 17.8 Å². The standard InChI is InChI=1S/C21H26N2O3/c1-4-16(17-10-6-5-7-11-17)14-23-20(24)15(2)26-21(25)18-12-8-9-13-19(18)22-3/h5-13,15-16,22H,4,14H2,1-3H3,(H,23,24)/t15-,16-/m1/s1. The summed E-state index contributed by atoms with van der Waals surface area (Å²) in [6, 6.07) is 17.1. The first kappa shape index (κ1) is 19.5. The molecule has 0 radical (unpaired) electrons. The molecule has 0 aliphatic carbocycles. The summed E-state index contributed by atoms with van der Waals surface area (Å²) in [5.41, 5.74) is 2.26. The lowest BCUT2D eigenvalue weighted by Gasteiger charge is -2.19. The Labute approximate surface area is 154 Å². The van der Waals surface area contributed by atoms with Gasteiger partial charge in [-0.1, -0.05) is 49.4 Å². The van der Waals surface area contributed by atoms with E-state index >= 15 is 0 Å². The maximum Gasteiger partial charge on any atom is 0.341 e. The lowest BCUT2D eigenvalue weighted by atomic mass is 9.96. The van der Waals surface area contributed by atoms with Crippen LogP contribution in [-0.2, 0) is 9.53 Å².